The van der Waals surface area contributed by atoms with Crippen molar-refractivity contribution in [2.45, 2.75) is 25.2 Å². The third-order valence-corrected chi connectivity index (χ3v) is 4.59. The average Bonchev–Trinajstić information content (AvgIpc) is 2.55. The topological polar surface area (TPSA) is 95.0 Å². The predicted molar refractivity (Wildman–Crippen MR) is 89.9 cm³/mol. The fourth-order valence-electron chi connectivity index (χ4n) is 3.27. The Labute approximate surface area is 135 Å². The Hall–Kier alpha value is -2.58. The summed E-state index contributed by atoms with van der Waals surface area (Å²) in [5.41, 5.74) is 8.44. The number of benzene rings is 1. The number of phenolic OH excluding ortho intramolecular Hbond substituents is 1. The molecular formula is C18H20N4O. The number of nitrogens with zero attached hydrogens (tertiary/aromatic N) is 2. The van der Waals surface area contributed by atoms with Crippen LogP contribution in [0.5, 0.6) is 5.75 Å². The van der Waals surface area contributed by atoms with Gasteiger partial charge in [-0.15, -0.1) is 0 Å². The van der Waals surface area contributed by atoms with Crippen LogP contribution in [0.3, 0.4) is 0 Å². The van der Waals surface area contributed by atoms with Crippen LogP contribution in [0.25, 0.3) is 11.3 Å². The lowest BCUT2D eigenvalue weighted by atomic mass is 9.74. The molecule has 1 fully saturated rings. The number of piperidine rings is 1. The Bertz CT molecular complexity index is 773. The summed E-state index contributed by atoms with van der Waals surface area (Å²) in [5.74, 6) is 0.372. The summed E-state index contributed by atoms with van der Waals surface area (Å²) in [5, 5.41) is 23.0. The van der Waals surface area contributed by atoms with Crippen molar-refractivity contribution in [2.24, 2.45) is 0 Å². The number of rotatable bonds is 2. The number of para-hydroxylation sites is 1. The molecule has 5 nitrogen and oxygen atoms in total. The summed E-state index contributed by atoms with van der Waals surface area (Å²) < 4.78 is 0. The van der Waals surface area contributed by atoms with Gasteiger partial charge in [-0.2, -0.15) is 5.26 Å². The van der Waals surface area contributed by atoms with Crippen molar-refractivity contribution in [3.8, 4) is 23.1 Å². The van der Waals surface area contributed by atoms with Gasteiger partial charge in [0.2, 0.25) is 0 Å². The smallest absolute Gasteiger partial charge is 0.142 e. The lowest BCUT2D eigenvalue weighted by Gasteiger charge is -2.35. The van der Waals surface area contributed by atoms with E-state index in [-0.39, 0.29) is 17.0 Å². The van der Waals surface area contributed by atoms with Crippen molar-refractivity contribution < 1.29 is 5.11 Å². The first-order chi connectivity index (χ1) is 11.0. The zero-order chi connectivity index (χ0) is 16.4. The van der Waals surface area contributed by atoms with Crippen LogP contribution in [0.4, 0.5) is 5.82 Å². The quantitative estimate of drug-likeness (QED) is 0.792. The molecule has 3 rings (SSSR count). The van der Waals surface area contributed by atoms with E-state index in [1.807, 2.05) is 12.1 Å². The minimum Gasteiger partial charge on any atom is -0.507 e. The highest BCUT2D eigenvalue weighted by molar-refractivity contribution is 5.71. The number of pyridine rings is 1. The number of aromatic nitrogens is 1. The SMILES string of the molecule is CC1(c2cc(-c3ccccc3O)nc(N)c2C#N)CCCNC1. The molecule has 4 N–H and O–H groups in total. The molecule has 23 heavy (non-hydrogen) atoms. The zero-order valence-electron chi connectivity index (χ0n) is 13.1. The lowest BCUT2D eigenvalue weighted by Crippen LogP contribution is -2.41. The van der Waals surface area contributed by atoms with Crippen LogP contribution in [0.1, 0.15) is 30.9 Å². The Morgan fingerprint density at radius 1 is 1.39 bits per heavy atom. The van der Waals surface area contributed by atoms with E-state index < -0.39 is 0 Å². The van der Waals surface area contributed by atoms with Crippen molar-refractivity contribution in [1.29, 1.82) is 5.26 Å². The van der Waals surface area contributed by atoms with Gasteiger partial charge < -0.3 is 16.2 Å². The van der Waals surface area contributed by atoms with Gasteiger partial charge in [0.05, 0.1) is 11.3 Å². The molecule has 118 valence electrons. The summed E-state index contributed by atoms with van der Waals surface area (Å²) in [4.78, 5) is 4.34. The number of nitrogens with one attached hydrogen (secondary N) is 1. The van der Waals surface area contributed by atoms with Gasteiger partial charge in [-0.25, -0.2) is 4.98 Å². The standard InChI is InChI=1S/C18H20N4O/c1-18(7-4-8-21-11-18)14-9-15(22-17(20)13(14)10-19)12-5-2-3-6-16(12)23/h2-3,5-6,9,21,23H,4,7-8,11H2,1H3,(H2,20,22). The van der Waals surface area contributed by atoms with Gasteiger partial charge in [0, 0.05) is 17.5 Å². The number of hydrogen-bond acceptors (Lipinski definition) is 5. The van der Waals surface area contributed by atoms with Gasteiger partial charge in [-0.05, 0) is 43.1 Å². The highest BCUT2D eigenvalue weighted by Gasteiger charge is 2.32. The maximum Gasteiger partial charge on any atom is 0.142 e. The van der Waals surface area contributed by atoms with E-state index in [1.54, 1.807) is 18.2 Å². The van der Waals surface area contributed by atoms with Crippen LogP contribution in [0.2, 0.25) is 0 Å². The molecule has 0 aliphatic carbocycles. The van der Waals surface area contributed by atoms with Crippen molar-refractivity contribution in [2.75, 3.05) is 18.8 Å². The summed E-state index contributed by atoms with van der Waals surface area (Å²) in [7, 11) is 0. The maximum absolute atomic E-state index is 10.1. The normalized spacial score (nSPS) is 20.9. The molecule has 0 bridgehead atoms. The number of anilines is 1. The van der Waals surface area contributed by atoms with Gasteiger partial charge in [0.15, 0.2) is 0 Å². The number of nitrogen functional groups attached to an aromatic ring is 1. The van der Waals surface area contributed by atoms with Crippen LogP contribution in [0, 0.1) is 11.3 Å². The fourth-order valence-corrected chi connectivity index (χ4v) is 3.27. The van der Waals surface area contributed by atoms with Crippen LogP contribution in [-0.4, -0.2) is 23.2 Å². The van der Waals surface area contributed by atoms with E-state index in [2.05, 4.69) is 23.3 Å². The average molecular weight is 308 g/mol. The van der Waals surface area contributed by atoms with Crippen LogP contribution < -0.4 is 11.1 Å². The molecule has 1 aliphatic heterocycles. The fraction of sp³-hybridized carbons (Fsp3) is 0.333. The Kier molecular flexibility index (Phi) is 3.93. The molecule has 1 saturated heterocycles. The molecule has 0 radical (unpaired) electrons. The van der Waals surface area contributed by atoms with Gasteiger partial charge >= 0.3 is 0 Å². The lowest BCUT2D eigenvalue weighted by molar-refractivity contribution is 0.339. The second kappa shape index (κ2) is 5.90. The molecule has 2 aromatic rings. The summed E-state index contributed by atoms with van der Waals surface area (Å²) in [6, 6.07) is 11.1. The summed E-state index contributed by atoms with van der Waals surface area (Å²) >= 11 is 0. The van der Waals surface area contributed by atoms with Crippen molar-refractivity contribution in [1.82, 2.24) is 10.3 Å². The Morgan fingerprint density at radius 3 is 2.83 bits per heavy atom. The van der Waals surface area contributed by atoms with Crippen LogP contribution in [0.15, 0.2) is 30.3 Å². The summed E-state index contributed by atoms with van der Waals surface area (Å²) in [6.45, 7) is 3.93. The van der Waals surface area contributed by atoms with E-state index in [1.165, 1.54) is 0 Å². The molecule has 1 aromatic heterocycles. The number of hydrogen-bond donors (Lipinski definition) is 3. The van der Waals surface area contributed by atoms with E-state index >= 15 is 0 Å². The van der Waals surface area contributed by atoms with Crippen molar-refractivity contribution in [3.05, 3.63) is 41.5 Å². The predicted octanol–water partition coefficient (Wildman–Crippen LogP) is 2.55. The molecule has 1 aliphatic rings. The first kappa shape index (κ1) is 15.3. The highest BCUT2D eigenvalue weighted by atomic mass is 16.3. The number of nitriles is 1. The zero-order valence-corrected chi connectivity index (χ0v) is 13.1. The summed E-state index contributed by atoms with van der Waals surface area (Å²) in [6.07, 6.45) is 2.04. The van der Waals surface area contributed by atoms with Gasteiger partial charge in [-0.1, -0.05) is 19.1 Å². The van der Waals surface area contributed by atoms with E-state index in [0.29, 0.717) is 16.8 Å². The molecule has 5 heteroatoms. The van der Waals surface area contributed by atoms with E-state index in [4.69, 9.17) is 5.73 Å². The van der Waals surface area contributed by atoms with Gasteiger partial charge in [0.1, 0.15) is 17.6 Å². The second-order valence-electron chi connectivity index (χ2n) is 6.29. The van der Waals surface area contributed by atoms with Gasteiger partial charge in [0.25, 0.3) is 0 Å². The van der Waals surface area contributed by atoms with Gasteiger partial charge in [-0.3, -0.25) is 0 Å². The number of aromatic hydroxyl groups is 1. The first-order valence-electron chi connectivity index (χ1n) is 7.75. The molecule has 0 spiro atoms. The van der Waals surface area contributed by atoms with E-state index in [9.17, 15) is 10.4 Å². The molecule has 1 unspecified atom stereocenters. The first-order valence-corrected chi connectivity index (χ1v) is 7.75. The van der Waals surface area contributed by atoms with E-state index in [0.717, 1.165) is 31.5 Å². The number of phenols is 1. The maximum atomic E-state index is 10.1. The third kappa shape index (κ3) is 2.73. The monoisotopic (exact) mass is 308 g/mol. The minimum atomic E-state index is -0.167. The van der Waals surface area contributed by atoms with Crippen LogP contribution >= 0.6 is 0 Å². The molecule has 0 amide bonds. The minimum absolute atomic E-state index is 0.155. The molecule has 0 saturated carbocycles. The molecule has 1 aromatic carbocycles. The number of nitrogens with two attached hydrogens (primary N) is 1. The molecule has 1 atom stereocenters. The Morgan fingerprint density at radius 2 is 2.17 bits per heavy atom. The van der Waals surface area contributed by atoms with Crippen molar-refractivity contribution >= 4 is 5.82 Å². The molecule has 2 heterocycles. The molecular weight excluding hydrogens is 288 g/mol. The third-order valence-electron chi connectivity index (χ3n) is 4.59. The second-order valence-corrected chi connectivity index (χ2v) is 6.29. The van der Waals surface area contributed by atoms with Crippen molar-refractivity contribution in [3.63, 3.8) is 0 Å². The Balaban J connectivity index is 2.19. The largest absolute Gasteiger partial charge is 0.507 e. The van der Waals surface area contributed by atoms with Crippen LogP contribution in [-0.2, 0) is 5.41 Å². The highest BCUT2D eigenvalue weighted by Crippen LogP contribution is 2.38.